The van der Waals surface area contributed by atoms with Gasteiger partial charge in [-0.15, -0.1) is 0 Å². The van der Waals surface area contributed by atoms with Crippen molar-refractivity contribution in [3.8, 4) is 0 Å². The summed E-state index contributed by atoms with van der Waals surface area (Å²) in [7, 11) is 0. The first-order valence-corrected chi connectivity index (χ1v) is 6.06. The number of ether oxygens (including phenoxy) is 1. The van der Waals surface area contributed by atoms with Gasteiger partial charge in [-0.1, -0.05) is 0 Å². The second-order valence-electron chi connectivity index (χ2n) is 6.41. The van der Waals surface area contributed by atoms with Crippen LogP contribution in [0, 0.1) is 59.2 Å². The van der Waals surface area contributed by atoms with Crippen LogP contribution in [0.1, 0.15) is 0 Å². The summed E-state index contributed by atoms with van der Waals surface area (Å²) in [5.41, 5.74) is 0. The predicted octanol–water partition coefficient (Wildman–Crippen LogP) is 0.300. The van der Waals surface area contributed by atoms with Gasteiger partial charge in [-0.3, -0.25) is 9.59 Å². The molecule has 0 amide bonds. The number of esters is 2. The molecule has 0 aromatic heterocycles. The summed E-state index contributed by atoms with van der Waals surface area (Å²) >= 11 is 0. The average Bonchev–Trinajstić information content (AvgIpc) is 2.99. The van der Waals surface area contributed by atoms with Crippen LogP contribution in [0.2, 0.25) is 0 Å². The van der Waals surface area contributed by atoms with Crippen LogP contribution in [-0.4, -0.2) is 11.9 Å². The van der Waals surface area contributed by atoms with Crippen molar-refractivity contribution in [2.45, 2.75) is 0 Å². The first-order valence-electron chi connectivity index (χ1n) is 6.06. The van der Waals surface area contributed by atoms with E-state index in [0.717, 1.165) is 35.5 Å². The van der Waals surface area contributed by atoms with Gasteiger partial charge >= 0.3 is 11.9 Å². The number of carbonyl (C=O) groups is 2. The van der Waals surface area contributed by atoms with Crippen LogP contribution >= 0.6 is 0 Å². The molecular weight excluding hydrogens is 192 g/mol. The van der Waals surface area contributed by atoms with E-state index in [1.54, 1.807) is 0 Å². The first kappa shape index (κ1) is 6.66. The molecule has 6 aliphatic carbocycles. The van der Waals surface area contributed by atoms with Crippen molar-refractivity contribution in [3.63, 3.8) is 0 Å². The van der Waals surface area contributed by atoms with E-state index < -0.39 is 0 Å². The molecule has 1 saturated heterocycles. The second kappa shape index (κ2) is 1.48. The summed E-state index contributed by atoms with van der Waals surface area (Å²) in [6.45, 7) is 0. The van der Waals surface area contributed by atoms with Gasteiger partial charge in [0.25, 0.3) is 0 Å². The van der Waals surface area contributed by atoms with E-state index in [-0.39, 0.29) is 23.8 Å². The average molecular weight is 202 g/mol. The van der Waals surface area contributed by atoms with Gasteiger partial charge < -0.3 is 4.74 Å². The summed E-state index contributed by atoms with van der Waals surface area (Å²) in [6, 6.07) is 0. The summed E-state index contributed by atoms with van der Waals surface area (Å²) in [6.07, 6.45) is 0. The molecule has 7 fully saturated rings. The fourth-order valence-corrected chi connectivity index (χ4v) is 6.64. The molecule has 15 heavy (non-hydrogen) atoms. The molecule has 0 spiro atoms. The summed E-state index contributed by atoms with van der Waals surface area (Å²) in [5.74, 6) is 5.90. The third-order valence-electron chi connectivity index (χ3n) is 6.57. The lowest BCUT2D eigenvalue weighted by Gasteiger charge is -2.40. The fourth-order valence-electron chi connectivity index (χ4n) is 6.64. The van der Waals surface area contributed by atoms with Gasteiger partial charge in [0.1, 0.15) is 0 Å². The van der Waals surface area contributed by atoms with E-state index >= 15 is 0 Å². The molecule has 0 aromatic carbocycles. The fraction of sp³-hybridized carbons (Fsp3) is 0.833. The molecule has 0 N–H and O–H groups in total. The van der Waals surface area contributed by atoms with Crippen LogP contribution in [0.4, 0.5) is 0 Å². The third-order valence-corrected chi connectivity index (χ3v) is 6.57. The lowest BCUT2D eigenvalue weighted by molar-refractivity contribution is -0.154. The molecule has 7 rings (SSSR count). The van der Waals surface area contributed by atoms with Gasteiger partial charge in [0.05, 0.1) is 11.8 Å². The molecule has 10 atom stereocenters. The van der Waals surface area contributed by atoms with Crippen LogP contribution in [0.15, 0.2) is 0 Å². The molecule has 3 nitrogen and oxygen atoms in total. The quantitative estimate of drug-likeness (QED) is 0.419. The van der Waals surface area contributed by atoms with Gasteiger partial charge in [-0.05, 0) is 47.3 Å². The van der Waals surface area contributed by atoms with E-state index in [4.69, 9.17) is 4.74 Å². The molecule has 2 bridgehead atoms. The highest BCUT2D eigenvalue weighted by Crippen LogP contribution is 2.93. The standard InChI is InChI=1S/C12H10O3/c13-11-9-7-3-1-2-5(7)6(2)8(4(1)3)10(9)12(14)15-11/h1-10H/t1?,2?,3-,4-,5-,6+,7?,8?,9-,10-/m1/s1. The Morgan fingerprint density at radius 3 is 1.33 bits per heavy atom. The number of rotatable bonds is 0. The largest absolute Gasteiger partial charge is 0.393 e. The van der Waals surface area contributed by atoms with Crippen LogP contribution in [-0.2, 0) is 14.3 Å². The van der Waals surface area contributed by atoms with Gasteiger partial charge in [-0.25, -0.2) is 0 Å². The van der Waals surface area contributed by atoms with Crippen molar-refractivity contribution < 1.29 is 14.3 Å². The molecule has 1 aliphatic heterocycles. The molecule has 3 heteroatoms. The minimum absolute atomic E-state index is 0.0116. The summed E-state index contributed by atoms with van der Waals surface area (Å²) in [5, 5.41) is 0. The predicted molar refractivity (Wildman–Crippen MR) is 46.0 cm³/mol. The van der Waals surface area contributed by atoms with Crippen molar-refractivity contribution in [1.82, 2.24) is 0 Å². The van der Waals surface area contributed by atoms with Gasteiger partial charge in [0.15, 0.2) is 0 Å². The van der Waals surface area contributed by atoms with E-state index in [1.807, 2.05) is 0 Å². The van der Waals surface area contributed by atoms with Gasteiger partial charge in [0, 0.05) is 0 Å². The maximum atomic E-state index is 11.7. The van der Waals surface area contributed by atoms with Crippen molar-refractivity contribution >= 4 is 11.9 Å². The summed E-state index contributed by atoms with van der Waals surface area (Å²) in [4.78, 5) is 23.4. The molecule has 76 valence electrons. The highest BCUT2D eigenvalue weighted by atomic mass is 16.6. The van der Waals surface area contributed by atoms with E-state index in [0.29, 0.717) is 11.8 Å². The van der Waals surface area contributed by atoms with Crippen molar-refractivity contribution in [2.75, 3.05) is 0 Å². The SMILES string of the molecule is O=C1OC(=O)[C@@H]2C3[C@@H]4C5C6[C@@H](C([C@@H]54)[C@@H]12)[C@@H]63. The molecule has 1 heterocycles. The highest BCUT2D eigenvalue weighted by Gasteiger charge is 2.93. The van der Waals surface area contributed by atoms with Gasteiger partial charge in [-0.2, -0.15) is 0 Å². The summed E-state index contributed by atoms with van der Waals surface area (Å²) < 4.78 is 4.86. The van der Waals surface area contributed by atoms with E-state index in [2.05, 4.69) is 0 Å². The Morgan fingerprint density at radius 1 is 0.600 bits per heavy atom. The van der Waals surface area contributed by atoms with Crippen molar-refractivity contribution in [3.05, 3.63) is 0 Å². The topological polar surface area (TPSA) is 43.4 Å². The molecular formula is C12H10O3. The zero-order valence-corrected chi connectivity index (χ0v) is 8.00. The maximum absolute atomic E-state index is 11.7. The number of hydrogen-bond acceptors (Lipinski definition) is 3. The molecule has 0 aromatic rings. The minimum Gasteiger partial charge on any atom is -0.393 e. The number of hydrogen-bond donors (Lipinski definition) is 0. The Hall–Kier alpha value is -0.860. The van der Waals surface area contributed by atoms with Crippen molar-refractivity contribution in [2.24, 2.45) is 59.2 Å². The van der Waals surface area contributed by atoms with E-state index in [1.165, 1.54) is 0 Å². The molecule has 7 aliphatic rings. The second-order valence-corrected chi connectivity index (χ2v) is 6.41. The third kappa shape index (κ3) is 0.409. The van der Waals surface area contributed by atoms with Crippen LogP contribution < -0.4 is 0 Å². The van der Waals surface area contributed by atoms with Crippen LogP contribution in [0.25, 0.3) is 0 Å². The Balaban J connectivity index is 1.65. The van der Waals surface area contributed by atoms with Crippen molar-refractivity contribution in [1.29, 1.82) is 0 Å². The maximum Gasteiger partial charge on any atom is 0.317 e. The normalized spacial score (nSPS) is 78.1. The number of carbonyl (C=O) groups excluding carboxylic acids is 2. The Morgan fingerprint density at radius 2 is 0.933 bits per heavy atom. The highest BCUT2D eigenvalue weighted by molar-refractivity contribution is 5.98. The van der Waals surface area contributed by atoms with Crippen LogP contribution in [0.5, 0.6) is 0 Å². The molecule has 6 saturated carbocycles. The number of cyclic esters (lactones) is 2. The lowest BCUT2D eigenvalue weighted by Crippen LogP contribution is -2.45. The van der Waals surface area contributed by atoms with Crippen LogP contribution in [0.3, 0.4) is 0 Å². The smallest absolute Gasteiger partial charge is 0.317 e. The molecule has 4 unspecified atom stereocenters. The monoisotopic (exact) mass is 202 g/mol. The lowest BCUT2D eigenvalue weighted by atomic mass is 9.59. The minimum atomic E-state index is -0.185. The first-order chi connectivity index (χ1) is 7.30. The zero-order chi connectivity index (χ0) is 9.64. The molecule has 0 radical (unpaired) electrons. The zero-order valence-electron chi connectivity index (χ0n) is 8.00. The Labute approximate surface area is 86.2 Å². The van der Waals surface area contributed by atoms with Gasteiger partial charge in [0.2, 0.25) is 0 Å². The Kier molecular flexibility index (Phi) is 0.659. The Bertz CT molecular complexity index is 407. The van der Waals surface area contributed by atoms with E-state index in [9.17, 15) is 9.59 Å².